The predicted octanol–water partition coefficient (Wildman–Crippen LogP) is 2.68. The summed E-state index contributed by atoms with van der Waals surface area (Å²) in [6.45, 7) is 0. The van der Waals surface area contributed by atoms with Crippen LogP contribution >= 0.6 is 34.0 Å². The van der Waals surface area contributed by atoms with E-state index >= 15 is 0 Å². The Labute approximate surface area is 102 Å². The molecule has 0 atom stereocenters. The van der Waals surface area contributed by atoms with E-state index in [1.807, 2.05) is 12.1 Å². The molecule has 0 saturated carbocycles. The molecular weight excluding hydrogens is 312 g/mol. The Bertz CT molecular complexity index is 434. The van der Waals surface area contributed by atoms with Gasteiger partial charge in [0.2, 0.25) is 0 Å². The molecule has 3 N–H and O–H groups in total. The van der Waals surface area contributed by atoms with Crippen molar-refractivity contribution in [1.29, 1.82) is 0 Å². The highest BCUT2D eigenvalue weighted by atomic mass is 79.9. The van der Waals surface area contributed by atoms with Crippen molar-refractivity contribution in [3.8, 4) is 5.75 Å². The summed E-state index contributed by atoms with van der Waals surface area (Å²) in [5.41, 5.74) is 6.60. The third kappa shape index (κ3) is 2.16. The highest BCUT2D eigenvalue weighted by Gasteiger charge is 2.01. The van der Waals surface area contributed by atoms with Gasteiger partial charge in [0.15, 0.2) is 0 Å². The lowest BCUT2D eigenvalue weighted by Crippen LogP contribution is -1.89. The number of hydrogen-bond acceptors (Lipinski definition) is 3. The molecule has 3 nitrogen and oxygen atoms in total. The van der Waals surface area contributed by atoms with E-state index in [-0.39, 0.29) is 39.7 Å². The summed E-state index contributed by atoms with van der Waals surface area (Å²) in [6.07, 6.45) is 1.65. The number of aromatic hydroxyl groups is 1. The number of rotatable bonds is 0. The number of halogens is 2. The van der Waals surface area contributed by atoms with Gasteiger partial charge in [-0.3, -0.25) is 4.98 Å². The molecule has 0 unspecified atom stereocenters. The standard InChI is InChI=1S/C9H8N2O.2BrH/c10-8-7(12)4-3-6-2-1-5-11-9(6)8;;/h1-5,12H,10H2;2*1H. The summed E-state index contributed by atoms with van der Waals surface area (Å²) in [5, 5.41) is 10.2. The van der Waals surface area contributed by atoms with Crippen LogP contribution in [0.1, 0.15) is 0 Å². The molecule has 0 aliphatic heterocycles. The molecule has 2 aromatic rings. The lowest BCUT2D eigenvalue weighted by atomic mass is 10.2. The summed E-state index contributed by atoms with van der Waals surface area (Å²) in [7, 11) is 0. The molecule has 0 amide bonds. The third-order valence-electron chi connectivity index (χ3n) is 1.79. The van der Waals surface area contributed by atoms with E-state index in [4.69, 9.17) is 5.73 Å². The molecule has 5 heteroatoms. The molecular formula is C9H10Br2N2O. The Morgan fingerprint density at radius 3 is 2.57 bits per heavy atom. The van der Waals surface area contributed by atoms with Crippen LogP contribution < -0.4 is 5.73 Å². The Balaban J connectivity index is 0.000000845. The van der Waals surface area contributed by atoms with Gasteiger partial charge in [-0.1, -0.05) is 6.07 Å². The third-order valence-corrected chi connectivity index (χ3v) is 1.79. The van der Waals surface area contributed by atoms with E-state index in [0.29, 0.717) is 11.2 Å². The van der Waals surface area contributed by atoms with Crippen LogP contribution in [0, 0.1) is 0 Å². The largest absolute Gasteiger partial charge is 0.506 e. The van der Waals surface area contributed by atoms with E-state index in [1.165, 1.54) is 0 Å². The second kappa shape index (κ2) is 5.17. The number of benzene rings is 1. The van der Waals surface area contributed by atoms with Crippen LogP contribution in [0.25, 0.3) is 10.9 Å². The zero-order valence-corrected chi connectivity index (χ0v) is 10.6. The number of pyridine rings is 1. The molecule has 1 aromatic carbocycles. The summed E-state index contributed by atoms with van der Waals surface area (Å²) >= 11 is 0. The van der Waals surface area contributed by atoms with Crippen LogP contribution in [0.15, 0.2) is 30.5 Å². The van der Waals surface area contributed by atoms with Gasteiger partial charge in [-0.15, -0.1) is 34.0 Å². The van der Waals surface area contributed by atoms with Crippen molar-refractivity contribution < 1.29 is 5.11 Å². The van der Waals surface area contributed by atoms with Crippen molar-refractivity contribution in [2.24, 2.45) is 0 Å². The first-order valence-electron chi connectivity index (χ1n) is 3.61. The molecule has 0 bridgehead atoms. The normalized spacial score (nSPS) is 8.86. The SMILES string of the molecule is Br.Br.Nc1c(O)ccc2cccnc12. The van der Waals surface area contributed by atoms with Gasteiger partial charge in [0.05, 0.1) is 5.52 Å². The van der Waals surface area contributed by atoms with Crippen molar-refractivity contribution >= 4 is 50.6 Å². The van der Waals surface area contributed by atoms with E-state index in [1.54, 1.807) is 18.3 Å². The fourth-order valence-electron chi connectivity index (χ4n) is 1.16. The van der Waals surface area contributed by atoms with Gasteiger partial charge < -0.3 is 10.8 Å². The van der Waals surface area contributed by atoms with Gasteiger partial charge in [0.25, 0.3) is 0 Å². The van der Waals surface area contributed by atoms with Crippen molar-refractivity contribution in [2.45, 2.75) is 0 Å². The fourth-order valence-corrected chi connectivity index (χ4v) is 1.16. The minimum absolute atomic E-state index is 0. The van der Waals surface area contributed by atoms with Crippen molar-refractivity contribution in [3.05, 3.63) is 30.5 Å². The number of nitrogens with zero attached hydrogens (tertiary/aromatic N) is 1. The number of aromatic nitrogens is 1. The highest BCUT2D eigenvalue weighted by molar-refractivity contribution is 8.93. The van der Waals surface area contributed by atoms with Crippen molar-refractivity contribution in [2.75, 3.05) is 5.73 Å². The van der Waals surface area contributed by atoms with Crippen LogP contribution in [0.4, 0.5) is 5.69 Å². The van der Waals surface area contributed by atoms with Gasteiger partial charge >= 0.3 is 0 Å². The monoisotopic (exact) mass is 320 g/mol. The zero-order chi connectivity index (χ0) is 8.55. The maximum Gasteiger partial charge on any atom is 0.140 e. The molecule has 1 aromatic heterocycles. The summed E-state index contributed by atoms with van der Waals surface area (Å²) in [6, 6.07) is 7.09. The first-order chi connectivity index (χ1) is 5.79. The number of phenols is 1. The number of nitrogens with two attached hydrogens (primary N) is 1. The minimum atomic E-state index is 0. The maximum absolute atomic E-state index is 9.25. The second-order valence-corrected chi connectivity index (χ2v) is 2.57. The molecule has 0 radical (unpaired) electrons. The Hall–Kier alpha value is -0.810. The number of anilines is 1. The van der Waals surface area contributed by atoms with E-state index in [9.17, 15) is 5.11 Å². The van der Waals surface area contributed by atoms with E-state index in [0.717, 1.165) is 5.39 Å². The molecule has 1 heterocycles. The fraction of sp³-hybridized carbons (Fsp3) is 0. The molecule has 0 aliphatic carbocycles. The van der Waals surface area contributed by atoms with Crippen molar-refractivity contribution in [3.63, 3.8) is 0 Å². The number of fused-ring (bicyclic) bond motifs is 1. The summed E-state index contributed by atoms with van der Waals surface area (Å²) < 4.78 is 0. The van der Waals surface area contributed by atoms with Gasteiger partial charge in [-0.05, 0) is 18.2 Å². The molecule has 0 spiro atoms. The predicted molar refractivity (Wildman–Crippen MR) is 68.5 cm³/mol. The quantitative estimate of drug-likeness (QED) is 0.579. The van der Waals surface area contributed by atoms with Crippen LogP contribution in [0.3, 0.4) is 0 Å². The van der Waals surface area contributed by atoms with Crippen LogP contribution in [-0.4, -0.2) is 10.1 Å². The molecule has 0 fully saturated rings. The Morgan fingerprint density at radius 2 is 1.86 bits per heavy atom. The molecule has 2 rings (SSSR count). The first kappa shape index (κ1) is 13.2. The average molecular weight is 322 g/mol. The van der Waals surface area contributed by atoms with Crippen LogP contribution in [-0.2, 0) is 0 Å². The molecule has 76 valence electrons. The number of nitrogen functional groups attached to an aromatic ring is 1. The number of hydrogen-bond donors (Lipinski definition) is 2. The Morgan fingerprint density at radius 1 is 1.14 bits per heavy atom. The van der Waals surface area contributed by atoms with E-state index < -0.39 is 0 Å². The second-order valence-electron chi connectivity index (χ2n) is 2.57. The smallest absolute Gasteiger partial charge is 0.140 e. The van der Waals surface area contributed by atoms with Crippen LogP contribution in [0.5, 0.6) is 5.75 Å². The van der Waals surface area contributed by atoms with Gasteiger partial charge in [-0.2, -0.15) is 0 Å². The molecule has 0 saturated heterocycles. The molecule has 0 aliphatic rings. The average Bonchev–Trinajstić information content (AvgIpc) is 2.12. The van der Waals surface area contributed by atoms with Crippen LogP contribution in [0.2, 0.25) is 0 Å². The number of phenolic OH excluding ortho intramolecular Hbond substituents is 1. The Kier molecular flexibility index (Phi) is 4.87. The topological polar surface area (TPSA) is 59.1 Å². The summed E-state index contributed by atoms with van der Waals surface area (Å²) in [4.78, 5) is 4.06. The summed E-state index contributed by atoms with van der Waals surface area (Å²) in [5.74, 6) is 0.0844. The van der Waals surface area contributed by atoms with Crippen molar-refractivity contribution in [1.82, 2.24) is 4.98 Å². The van der Waals surface area contributed by atoms with Gasteiger partial charge in [0, 0.05) is 11.6 Å². The van der Waals surface area contributed by atoms with E-state index in [2.05, 4.69) is 4.98 Å². The molecule has 14 heavy (non-hydrogen) atoms. The first-order valence-corrected chi connectivity index (χ1v) is 3.61. The minimum Gasteiger partial charge on any atom is -0.506 e. The van der Waals surface area contributed by atoms with Gasteiger partial charge in [0.1, 0.15) is 11.4 Å². The lowest BCUT2D eigenvalue weighted by molar-refractivity contribution is 0.478. The highest BCUT2D eigenvalue weighted by Crippen LogP contribution is 2.26. The zero-order valence-electron chi connectivity index (χ0n) is 7.18. The van der Waals surface area contributed by atoms with Gasteiger partial charge in [-0.25, -0.2) is 0 Å². The lowest BCUT2D eigenvalue weighted by Gasteiger charge is -2.01. The maximum atomic E-state index is 9.25.